The van der Waals surface area contributed by atoms with Gasteiger partial charge in [0.05, 0.1) is 6.54 Å². The van der Waals surface area contributed by atoms with E-state index in [0.29, 0.717) is 6.54 Å². The van der Waals surface area contributed by atoms with Crippen molar-refractivity contribution in [2.45, 2.75) is 25.0 Å². The molecule has 2 aromatic rings. The minimum absolute atomic E-state index is 0.210. The number of benzene rings is 2. The number of ether oxygens (including phenoxy) is 1. The van der Waals surface area contributed by atoms with Crippen LogP contribution in [0.3, 0.4) is 0 Å². The van der Waals surface area contributed by atoms with E-state index in [1.54, 1.807) is 4.90 Å². The Bertz CT molecular complexity index is 740. The van der Waals surface area contributed by atoms with Crippen LogP contribution in [0.4, 0.5) is 10.5 Å². The van der Waals surface area contributed by atoms with Crippen molar-refractivity contribution < 1.29 is 9.53 Å². The van der Waals surface area contributed by atoms with Crippen molar-refractivity contribution in [1.82, 2.24) is 4.90 Å². The Morgan fingerprint density at radius 3 is 2.36 bits per heavy atom. The Kier molecular flexibility index (Phi) is 4.69. The van der Waals surface area contributed by atoms with Gasteiger partial charge in [-0.3, -0.25) is 9.80 Å². The summed E-state index contributed by atoms with van der Waals surface area (Å²) in [6.45, 7) is 3.54. The molecule has 0 atom stereocenters. The molecule has 2 saturated heterocycles. The molecule has 1 spiro atoms. The third-order valence-electron chi connectivity index (χ3n) is 5.13. The molecule has 0 unspecified atom stereocenters. The summed E-state index contributed by atoms with van der Waals surface area (Å²) in [6.07, 6.45) is 1.58. The fraction of sp³-hybridized carbons (Fsp3) is 0.350. The van der Waals surface area contributed by atoms with Crippen LogP contribution in [0.15, 0.2) is 54.6 Å². The van der Waals surface area contributed by atoms with E-state index in [1.165, 1.54) is 5.56 Å². The maximum absolute atomic E-state index is 12.4. The minimum atomic E-state index is -0.326. The zero-order chi connectivity index (χ0) is 17.3. The summed E-state index contributed by atoms with van der Waals surface area (Å²) in [6, 6.07) is 18.6. The van der Waals surface area contributed by atoms with Crippen molar-refractivity contribution in [2.24, 2.45) is 0 Å². The van der Waals surface area contributed by atoms with E-state index in [1.807, 2.05) is 30.3 Å². The number of hydrogen-bond donors (Lipinski definition) is 0. The molecule has 2 fully saturated rings. The van der Waals surface area contributed by atoms with Gasteiger partial charge in [0.15, 0.2) is 0 Å². The highest BCUT2D eigenvalue weighted by Gasteiger charge is 2.47. The first-order valence-corrected chi connectivity index (χ1v) is 9.74. The molecule has 0 N–H and O–H groups in total. The molecule has 5 heteroatoms. The number of halogens is 1. The highest BCUT2D eigenvalue weighted by molar-refractivity contribution is 14.1. The molecule has 2 aliphatic rings. The number of nitrogens with zero attached hydrogens (tertiary/aromatic N) is 2. The predicted octanol–water partition coefficient (Wildman–Crippen LogP) is 4.28. The van der Waals surface area contributed by atoms with Gasteiger partial charge in [-0.25, -0.2) is 4.79 Å². The van der Waals surface area contributed by atoms with Gasteiger partial charge in [0.1, 0.15) is 5.60 Å². The second-order valence-corrected chi connectivity index (χ2v) is 8.12. The van der Waals surface area contributed by atoms with Gasteiger partial charge in [0, 0.05) is 41.7 Å². The molecular weight excluding hydrogens is 427 g/mol. The number of hydrogen-bond acceptors (Lipinski definition) is 3. The molecule has 4 nitrogen and oxygen atoms in total. The van der Waals surface area contributed by atoms with E-state index >= 15 is 0 Å². The first-order valence-electron chi connectivity index (χ1n) is 8.66. The molecule has 2 aliphatic heterocycles. The van der Waals surface area contributed by atoms with E-state index in [9.17, 15) is 4.79 Å². The van der Waals surface area contributed by atoms with Crippen molar-refractivity contribution >= 4 is 34.4 Å². The van der Waals surface area contributed by atoms with Crippen LogP contribution >= 0.6 is 22.6 Å². The summed E-state index contributed by atoms with van der Waals surface area (Å²) in [7, 11) is 0. The second kappa shape index (κ2) is 6.96. The number of amides is 1. The monoisotopic (exact) mass is 448 g/mol. The average molecular weight is 448 g/mol. The molecule has 0 saturated carbocycles. The van der Waals surface area contributed by atoms with Gasteiger partial charge >= 0.3 is 6.09 Å². The fourth-order valence-corrected chi connectivity index (χ4v) is 4.02. The number of likely N-dealkylation sites (tertiary alicyclic amines) is 1. The van der Waals surface area contributed by atoms with E-state index in [-0.39, 0.29) is 11.7 Å². The van der Waals surface area contributed by atoms with E-state index in [0.717, 1.165) is 41.7 Å². The molecule has 1 amide bonds. The van der Waals surface area contributed by atoms with Gasteiger partial charge in [0.2, 0.25) is 0 Å². The Labute approximate surface area is 161 Å². The van der Waals surface area contributed by atoms with Crippen LogP contribution in [-0.4, -0.2) is 36.2 Å². The van der Waals surface area contributed by atoms with Gasteiger partial charge in [-0.15, -0.1) is 0 Å². The quantitative estimate of drug-likeness (QED) is 0.658. The molecule has 0 radical (unpaired) electrons. The lowest BCUT2D eigenvalue weighted by Gasteiger charge is -2.37. The minimum Gasteiger partial charge on any atom is -0.441 e. The number of piperidine rings is 1. The third-order valence-corrected chi connectivity index (χ3v) is 5.84. The predicted molar refractivity (Wildman–Crippen MR) is 107 cm³/mol. The summed E-state index contributed by atoms with van der Waals surface area (Å²) in [5.41, 5.74) is 1.93. The van der Waals surface area contributed by atoms with Crippen LogP contribution in [0, 0.1) is 3.57 Å². The Morgan fingerprint density at radius 1 is 1.00 bits per heavy atom. The molecule has 2 aromatic carbocycles. The van der Waals surface area contributed by atoms with Crippen molar-refractivity contribution in [1.29, 1.82) is 0 Å². The molecule has 2 heterocycles. The average Bonchev–Trinajstić information content (AvgIpc) is 2.95. The first-order chi connectivity index (χ1) is 12.1. The molecule has 0 aliphatic carbocycles. The number of anilines is 1. The molecular formula is C20H21IN2O2. The summed E-state index contributed by atoms with van der Waals surface area (Å²) in [5, 5.41) is 0. The summed E-state index contributed by atoms with van der Waals surface area (Å²) in [4.78, 5) is 16.6. The van der Waals surface area contributed by atoms with Crippen molar-refractivity contribution in [2.75, 3.05) is 24.5 Å². The van der Waals surface area contributed by atoms with Gasteiger partial charge in [-0.05, 0) is 52.4 Å². The number of carbonyl (C=O) groups excluding carboxylic acids is 1. The maximum atomic E-state index is 12.4. The van der Waals surface area contributed by atoms with E-state index in [2.05, 4.69) is 51.8 Å². The largest absolute Gasteiger partial charge is 0.441 e. The summed E-state index contributed by atoms with van der Waals surface area (Å²) >= 11 is 2.27. The lowest BCUT2D eigenvalue weighted by molar-refractivity contribution is -0.000970. The van der Waals surface area contributed by atoms with Crippen molar-refractivity contribution in [3.8, 4) is 0 Å². The van der Waals surface area contributed by atoms with Gasteiger partial charge in [0.25, 0.3) is 0 Å². The second-order valence-electron chi connectivity index (χ2n) is 6.88. The highest BCUT2D eigenvalue weighted by Crippen LogP contribution is 2.36. The Balaban J connectivity index is 1.39. The van der Waals surface area contributed by atoms with Crippen LogP contribution in [-0.2, 0) is 11.3 Å². The highest BCUT2D eigenvalue weighted by atomic mass is 127. The lowest BCUT2D eigenvalue weighted by Crippen LogP contribution is -2.46. The van der Waals surface area contributed by atoms with Crippen molar-refractivity contribution in [3.63, 3.8) is 0 Å². The number of rotatable bonds is 3. The Morgan fingerprint density at radius 2 is 1.68 bits per heavy atom. The smallest absolute Gasteiger partial charge is 0.415 e. The lowest BCUT2D eigenvalue weighted by atomic mass is 9.91. The van der Waals surface area contributed by atoms with E-state index in [4.69, 9.17) is 4.74 Å². The SMILES string of the molecule is O=C1OC2(CCN(Cc3ccccc3)CC2)CN1c1ccc(I)cc1. The summed E-state index contributed by atoms with van der Waals surface area (Å²) in [5.74, 6) is 0. The van der Waals surface area contributed by atoms with Crippen LogP contribution < -0.4 is 4.90 Å². The van der Waals surface area contributed by atoms with Crippen molar-refractivity contribution in [3.05, 3.63) is 63.7 Å². The van der Waals surface area contributed by atoms with Gasteiger partial charge < -0.3 is 4.74 Å². The Hall–Kier alpha value is -1.60. The number of carbonyl (C=O) groups is 1. The zero-order valence-corrected chi connectivity index (χ0v) is 16.2. The fourth-order valence-electron chi connectivity index (χ4n) is 3.66. The summed E-state index contributed by atoms with van der Waals surface area (Å²) < 4.78 is 7.01. The van der Waals surface area contributed by atoms with Gasteiger partial charge in [-0.2, -0.15) is 0 Å². The van der Waals surface area contributed by atoms with E-state index < -0.39 is 0 Å². The van der Waals surface area contributed by atoms with Crippen LogP contribution in [0.2, 0.25) is 0 Å². The van der Waals surface area contributed by atoms with Crippen LogP contribution in [0.25, 0.3) is 0 Å². The van der Waals surface area contributed by atoms with Gasteiger partial charge in [-0.1, -0.05) is 30.3 Å². The van der Waals surface area contributed by atoms with Crippen LogP contribution in [0.5, 0.6) is 0 Å². The molecule has 4 rings (SSSR count). The molecule has 0 bridgehead atoms. The zero-order valence-electron chi connectivity index (χ0n) is 14.0. The molecule has 130 valence electrons. The maximum Gasteiger partial charge on any atom is 0.415 e. The molecule has 0 aromatic heterocycles. The standard InChI is InChI=1S/C20H21IN2O2/c21-17-6-8-18(9-7-17)23-15-20(25-19(23)24)10-12-22(13-11-20)14-16-4-2-1-3-5-16/h1-9H,10-15H2. The molecule has 25 heavy (non-hydrogen) atoms. The third kappa shape index (κ3) is 3.67. The topological polar surface area (TPSA) is 32.8 Å². The van der Waals surface area contributed by atoms with Crippen LogP contribution in [0.1, 0.15) is 18.4 Å². The first kappa shape index (κ1) is 16.8. The normalized spacial score (nSPS) is 20.0.